The third-order valence-electron chi connectivity index (χ3n) is 1.73. The third-order valence-corrected chi connectivity index (χ3v) is 1.73. The topological polar surface area (TPSA) is 49.3 Å². The zero-order chi connectivity index (χ0) is 7.49. The maximum Gasteiger partial charge on any atom is 0.323 e. The molecule has 0 radical (unpaired) electrons. The van der Waals surface area contributed by atoms with Crippen LogP contribution in [0.25, 0.3) is 0 Å². The highest BCUT2D eigenvalue weighted by Gasteiger charge is 2.27. The van der Waals surface area contributed by atoms with Gasteiger partial charge in [0.1, 0.15) is 5.54 Å². The highest BCUT2D eigenvalue weighted by molar-refractivity contribution is 5.77. The molecule has 0 aromatic rings. The van der Waals surface area contributed by atoms with E-state index in [9.17, 15) is 4.79 Å². The Kier molecular flexibility index (Phi) is 2.65. The van der Waals surface area contributed by atoms with Crippen molar-refractivity contribution in [1.82, 2.24) is 5.32 Å². The summed E-state index contributed by atoms with van der Waals surface area (Å²) in [5.41, 5.74) is -0.750. The fourth-order valence-electron chi connectivity index (χ4n) is 0.435. The number of carbonyl (C=O) groups is 1. The molecule has 0 aromatic carbocycles. The Balaban J connectivity index is 4.09. The van der Waals surface area contributed by atoms with Crippen molar-refractivity contribution in [3.63, 3.8) is 0 Å². The van der Waals surface area contributed by atoms with Crippen LogP contribution in [0.15, 0.2) is 0 Å². The van der Waals surface area contributed by atoms with Crippen LogP contribution in [-0.4, -0.2) is 23.7 Å². The maximum atomic E-state index is 10.4. The number of likely N-dealkylation sites (N-methyl/N-ethyl adjacent to an activating group) is 1. The summed E-state index contributed by atoms with van der Waals surface area (Å²) in [4.78, 5) is 10.4. The van der Waals surface area contributed by atoms with Gasteiger partial charge >= 0.3 is 5.97 Å². The highest BCUT2D eigenvalue weighted by Crippen LogP contribution is 2.06. The summed E-state index contributed by atoms with van der Waals surface area (Å²) in [7, 11) is 1.65. The van der Waals surface area contributed by atoms with Crippen LogP contribution in [0.1, 0.15) is 20.3 Å². The van der Waals surface area contributed by atoms with E-state index in [-0.39, 0.29) is 0 Å². The summed E-state index contributed by atoms with van der Waals surface area (Å²) < 4.78 is 0. The van der Waals surface area contributed by atoms with Crippen molar-refractivity contribution in [2.75, 3.05) is 7.05 Å². The molecule has 2 N–H and O–H groups in total. The minimum Gasteiger partial charge on any atom is -0.480 e. The van der Waals surface area contributed by atoms with E-state index < -0.39 is 11.5 Å². The summed E-state index contributed by atoms with van der Waals surface area (Å²) in [6.07, 6.45) is 0.596. The molecule has 3 heteroatoms. The summed E-state index contributed by atoms with van der Waals surface area (Å²) in [5.74, 6) is -0.799. The first-order chi connectivity index (χ1) is 4.06. The van der Waals surface area contributed by atoms with Crippen LogP contribution < -0.4 is 5.32 Å². The molecule has 0 aliphatic heterocycles. The van der Waals surface area contributed by atoms with Crippen LogP contribution >= 0.6 is 0 Å². The van der Waals surface area contributed by atoms with Crippen LogP contribution in [0, 0.1) is 0 Å². The van der Waals surface area contributed by atoms with Gasteiger partial charge in [0.25, 0.3) is 0 Å². The Labute approximate surface area is 55.1 Å². The molecule has 0 saturated carbocycles. The van der Waals surface area contributed by atoms with Gasteiger partial charge in [0, 0.05) is 0 Å². The summed E-state index contributed by atoms with van der Waals surface area (Å²) in [5, 5.41) is 11.3. The molecule has 0 spiro atoms. The van der Waals surface area contributed by atoms with Crippen molar-refractivity contribution in [1.29, 1.82) is 0 Å². The monoisotopic (exact) mass is 131 g/mol. The average Bonchev–Trinajstić information content (AvgIpc) is 1.86. The molecule has 0 heterocycles. The van der Waals surface area contributed by atoms with Crippen molar-refractivity contribution >= 4 is 5.97 Å². The number of hydrogen-bond donors (Lipinski definition) is 2. The van der Waals surface area contributed by atoms with E-state index in [4.69, 9.17) is 5.11 Å². The molecule has 54 valence electrons. The molecular formula is C6H13NO2. The van der Waals surface area contributed by atoms with E-state index in [1.807, 2.05) is 6.92 Å². The molecule has 0 fully saturated rings. The van der Waals surface area contributed by atoms with Crippen LogP contribution in [-0.2, 0) is 4.79 Å². The normalized spacial score (nSPS) is 16.8. The highest BCUT2D eigenvalue weighted by atomic mass is 16.4. The third kappa shape index (κ3) is 1.68. The molecule has 0 unspecified atom stereocenters. The van der Waals surface area contributed by atoms with E-state index in [1.54, 1.807) is 14.0 Å². The van der Waals surface area contributed by atoms with Gasteiger partial charge in [-0.25, -0.2) is 0 Å². The first-order valence-corrected chi connectivity index (χ1v) is 2.99. The van der Waals surface area contributed by atoms with Crippen molar-refractivity contribution in [3.05, 3.63) is 0 Å². The van der Waals surface area contributed by atoms with Gasteiger partial charge in [-0.3, -0.25) is 4.79 Å². The van der Waals surface area contributed by atoms with E-state index in [0.717, 1.165) is 0 Å². The molecule has 3 nitrogen and oxygen atoms in total. The lowest BCUT2D eigenvalue weighted by molar-refractivity contribution is -0.144. The van der Waals surface area contributed by atoms with Crippen molar-refractivity contribution in [2.45, 2.75) is 25.8 Å². The predicted molar refractivity (Wildman–Crippen MR) is 35.4 cm³/mol. The molecule has 1 atom stereocenters. The number of carboxylic acid groups (broad SMARTS) is 1. The number of aliphatic carboxylic acids is 1. The Morgan fingerprint density at radius 1 is 1.78 bits per heavy atom. The molecule has 0 aliphatic carbocycles. The number of nitrogens with one attached hydrogen (secondary N) is 1. The second-order valence-corrected chi connectivity index (χ2v) is 2.24. The molecule has 0 aromatic heterocycles. The molecule has 0 rings (SSSR count). The van der Waals surface area contributed by atoms with Gasteiger partial charge in [0.2, 0.25) is 0 Å². The second-order valence-electron chi connectivity index (χ2n) is 2.24. The molecular weight excluding hydrogens is 118 g/mol. The number of carboxylic acids is 1. The quantitative estimate of drug-likeness (QED) is 0.585. The summed E-state index contributed by atoms with van der Waals surface area (Å²) in [6, 6.07) is 0. The SMILES string of the molecule is CC[C@@](C)(NC)C(=O)O. The van der Waals surface area contributed by atoms with Gasteiger partial charge in [-0.2, -0.15) is 0 Å². The van der Waals surface area contributed by atoms with Crippen molar-refractivity contribution in [3.8, 4) is 0 Å². The summed E-state index contributed by atoms with van der Waals surface area (Å²) >= 11 is 0. The second kappa shape index (κ2) is 2.82. The van der Waals surface area contributed by atoms with Gasteiger partial charge in [-0.1, -0.05) is 6.92 Å². The summed E-state index contributed by atoms with van der Waals surface area (Å²) in [6.45, 7) is 3.50. The molecule has 0 bridgehead atoms. The van der Waals surface area contributed by atoms with Crippen molar-refractivity contribution in [2.24, 2.45) is 0 Å². The molecule has 0 aliphatic rings. The zero-order valence-corrected chi connectivity index (χ0v) is 6.06. The molecule has 0 amide bonds. The number of hydrogen-bond acceptors (Lipinski definition) is 2. The largest absolute Gasteiger partial charge is 0.480 e. The van der Waals surface area contributed by atoms with Gasteiger partial charge in [0.05, 0.1) is 0 Å². The van der Waals surface area contributed by atoms with Crippen molar-refractivity contribution < 1.29 is 9.90 Å². The zero-order valence-electron chi connectivity index (χ0n) is 6.06. The van der Waals surface area contributed by atoms with E-state index in [1.165, 1.54) is 0 Å². The lowest BCUT2D eigenvalue weighted by Crippen LogP contribution is -2.46. The first-order valence-electron chi connectivity index (χ1n) is 2.99. The van der Waals surface area contributed by atoms with Gasteiger partial charge in [-0.05, 0) is 20.4 Å². The predicted octanol–water partition coefficient (Wildman–Crippen LogP) is 0.459. The smallest absolute Gasteiger partial charge is 0.323 e. The van der Waals surface area contributed by atoms with E-state index >= 15 is 0 Å². The Morgan fingerprint density at radius 3 is 2.22 bits per heavy atom. The lowest BCUT2D eigenvalue weighted by atomic mass is 10.0. The van der Waals surface area contributed by atoms with Gasteiger partial charge in [0.15, 0.2) is 0 Å². The first kappa shape index (κ1) is 8.43. The van der Waals surface area contributed by atoms with Crippen LogP contribution in [0.3, 0.4) is 0 Å². The fraction of sp³-hybridized carbons (Fsp3) is 0.833. The standard InChI is InChI=1S/C6H13NO2/c1-4-6(2,7-3)5(8)9/h7H,4H2,1-3H3,(H,8,9)/t6-/m1/s1. The Bertz CT molecular complexity index is 108. The van der Waals surface area contributed by atoms with Crippen LogP contribution in [0.2, 0.25) is 0 Å². The maximum absolute atomic E-state index is 10.4. The van der Waals surface area contributed by atoms with Gasteiger partial charge in [-0.15, -0.1) is 0 Å². The number of rotatable bonds is 3. The van der Waals surface area contributed by atoms with E-state index in [0.29, 0.717) is 6.42 Å². The minimum absolute atomic E-state index is 0.596. The fourth-order valence-corrected chi connectivity index (χ4v) is 0.435. The molecule has 0 saturated heterocycles. The molecule has 9 heavy (non-hydrogen) atoms. The Morgan fingerprint density at radius 2 is 2.22 bits per heavy atom. The van der Waals surface area contributed by atoms with Crippen LogP contribution in [0.4, 0.5) is 0 Å². The van der Waals surface area contributed by atoms with Gasteiger partial charge < -0.3 is 10.4 Å². The Hall–Kier alpha value is -0.570. The minimum atomic E-state index is -0.799. The lowest BCUT2D eigenvalue weighted by Gasteiger charge is -2.21. The van der Waals surface area contributed by atoms with Crippen LogP contribution in [0.5, 0.6) is 0 Å². The van der Waals surface area contributed by atoms with E-state index in [2.05, 4.69) is 5.32 Å². The average molecular weight is 131 g/mol.